The van der Waals surface area contributed by atoms with Gasteiger partial charge in [-0.2, -0.15) is 17.6 Å². The van der Waals surface area contributed by atoms with E-state index in [1.807, 2.05) is 0 Å². The summed E-state index contributed by atoms with van der Waals surface area (Å²) in [5.41, 5.74) is -0.108. The molecule has 0 heterocycles. The molecule has 0 saturated carbocycles. The largest absolute Gasteiger partial charge is 0.454 e. The van der Waals surface area contributed by atoms with Gasteiger partial charge < -0.3 is 4.74 Å². The molecule has 0 bridgehead atoms. The van der Waals surface area contributed by atoms with Gasteiger partial charge in [0.25, 0.3) is 0 Å². The molecular weight excluding hydrogens is 322 g/mol. The van der Waals surface area contributed by atoms with E-state index in [4.69, 9.17) is 0 Å². The summed E-state index contributed by atoms with van der Waals surface area (Å²) in [5.74, 6) is -3.99. The fourth-order valence-corrected chi connectivity index (χ4v) is 2.29. The van der Waals surface area contributed by atoms with Crippen LogP contribution >= 0.6 is 0 Å². The molecule has 0 aliphatic heterocycles. The van der Waals surface area contributed by atoms with Gasteiger partial charge in [-0.3, -0.25) is 4.99 Å². The number of aliphatic imine (C=N–C) groups is 1. The molecule has 24 heavy (non-hydrogen) atoms. The van der Waals surface area contributed by atoms with Crippen molar-refractivity contribution in [2.45, 2.75) is 25.0 Å². The van der Waals surface area contributed by atoms with Gasteiger partial charge in [0, 0.05) is 12.7 Å². The maximum atomic E-state index is 14.8. The number of alkyl halides is 4. The topological polar surface area (TPSA) is 21.6 Å². The van der Waals surface area contributed by atoms with Crippen LogP contribution in [-0.2, 0) is 4.74 Å². The van der Waals surface area contributed by atoms with Gasteiger partial charge in [-0.1, -0.05) is 60.7 Å². The van der Waals surface area contributed by atoms with Crippen LogP contribution in [0.5, 0.6) is 0 Å². The van der Waals surface area contributed by atoms with Crippen molar-refractivity contribution in [2.24, 2.45) is 4.99 Å². The molecule has 0 aliphatic rings. The number of nitrogens with zero attached hydrogens (tertiary/aromatic N) is 1. The first-order valence-corrected chi connectivity index (χ1v) is 7.29. The Morgan fingerprint density at radius 1 is 0.917 bits per heavy atom. The van der Waals surface area contributed by atoms with Crippen molar-refractivity contribution in [3.8, 4) is 0 Å². The van der Waals surface area contributed by atoms with E-state index in [-0.39, 0.29) is 5.56 Å². The van der Waals surface area contributed by atoms with E-state index in [0.29, 0.717) is 12.7 Å². The second-order valence-electron chi connectivity index (χ2n) is 5.23. The lowest BCUT2D eigenvalue weighted by Gasteiger charge is -2.28. The van der Waals surface area contributed by atoms with Crippen LogP contribution in [0, 0.1) is 0 Å². The van der Waals surface area contributed by atoms with E-state index in [1.54, 1.807) is 43.3 Å². The Morgan fingerprint density at radius 3 is 1.88 bits per heavy atom. The molecule has 128 valence electrons. The summed E-state index contributed by atoms with van der Waals surface area (Å²) in [4.78, 5) is 4.02. The number of halogens is 4. The zero-order valence-corrected chi connectivity index (χ0v) is 13.2. The standard InChI is InChI=1S/C18H17F4NO/c1-13(14-9-5-3-6-10-14)23-16(15-11-7-4-8-12-15)17(19,24-2)18(20,21)22/h3-13H,1-2H3. The Hall–Kier alpha value is -2.21. The van der Waals surface area contributed by atoms with Gasteiger partial charge in [-0.25, -0.2) is 0 Å². The van der Waals surface area contributed by atoms with Crippen LogP contribution in [0.15, 0.2) is 65.7 Å². The van der Waals surface area contributed by atoms with Crippen LogP contribution in [0.3, 0.4) is 0 Å². The average Bonchev–Trinajstić information content (AvgIpc) is 2.59. The Balaban J connectivity index is 2.58. The van der Waals surface area contributed by atoms with Crippen LogP contribution < -0.4 is 0 Å². The van der Waals surface area contributed by atoms with Crippen LogP contribution in [0.1, 0.15) is 24.1 Å². The van der Waals surface area contributed by atoms with Crippen molar-refractivity contribution in [1.29, 1.82) is 0 Å². The predicted molar refractivity (Wildman–Crippen MR) is 84.7 cm³/mol. The summed E-state index contributed by atoms with van der Waals surface area (Å²) in [6.45, 7) is 1.60. The third-order valence-electron chi connectivity index (χ3n) is 3.60. The summed E-state index contributed by atoms with van der Waals surface area (Å²) < 4.78 is 58.9. The van der Waals surface area contributed by atoms with Gasteiger partial charge >= 0.3 is 12.0 Å². The lowest BCUT2D eigenvalue weighted by atomic mass is 10.0. The second-order valence-corrected chi connectivity index (χ2v) is 5.23. The first-order valence-electron chi connectivity index (χ1n) is 7.29. The molecule has 2 rings (SSSR count). The smallest absolute Gasteiger partial charge is 0.337 e. The lowest BCUT2D eigenvalue weighted by Crippen LogP contribution is -2.50. The zero-order valence-electron chi connectivity index (χ0n) is 13.2. The van der Waals surface area contributed by atoms with Crippen LogP contribution in [0.25, 0.3) is 0 Å². The molecule has 2 nitrogen and oxygen atoms in total. The molecule has 0 amide bonds. The fourth-order valence-electron chi connectivity index (χ4n) is 2.29. The molecule has 0 N–H and O–H groups in total. The van der Waals surface area contributed by atoms with Crippen LogP contribution in [-0.4, -0.2) is 24.9 Å². The summed E-state index contributed by atoms with van der Waals surface area (Å²) >= 11 is 0. The van der Waals surface area contributed by atoms with E-state index < -0.39 is 23.8 Å². The summed E-state index contributed by atoms with van der Waals surface area (Å²) in [6, 6.07) is 15.4. The molecule has 0 radical (unpaired) electrons. The third-order valence-corrected chi connectivity index (χ3v) is 3.60. The minimum atomic E-state index is -5.26. The zero-order chi connectivity index (χ0) is 17.8. The molecule has 2 atom stereocenters. The minimum Gasteiger partial charge on any atom is -0.337 e. The van der Waals surface area contributed by atoms with Crippen molar-refractivity contribution >= 4 is 5.71 Å². The van der Waals surface area contributed by atoms with E-state index in [9.17, 15) is 17.6 Å². The first kappa shape index (κ1) is 18.1. The number of ether oxygens (including phenoxy) is 1. The predicted octanol–water partition coefficient (Wildman–Crippen LogP) is 5.11. The molecule has 0 spiro atoms. The molecule has 0 aliphatic carbocycles. The van der Waals surface area contributed by atoms with E-state index in [1.165, 1.54) is 24.3 Å². The molecule has 2 aromatic rings. The fraction of sp³-hybridized carbons (Fsp3) is 0.278. The summed E-state index contributed by atoms with van der Waals surface area (Å²) in [5, 5.41) is 0. The number of methoxy groups -OCH3 is 1. The van der Waals surface area contributed by atoms with Gasteiger partial charge in [0.05, 0.1) is 6.04 Å². The van der Waals surface area contributed by atoms with Crippen molar-refractivity contribution in [2.75, 3.05) is 7.11 Å². The Labute approximate surface area is 137 Å². The molecule has 0 fully saturated rings. The monoisotopic (exact) mass is 339 g/mol. The van der Waals surface area contributed by atoms with Crippen molar-refractivity contribution in [1.82, 2.24) is 0 Å². The Bertz CT molecular complexity index is 685. The second kappa shape index (κ2) is 7.13. The highest BCUT2D eigenvalue weighted by atomic mass is 19.4. The molecular formula is C18H17F4NO. The Morgan fingerprint density at radius 2 is 1.42 bits per heavy atom. The summed E-state index contributed by atoms with van der Waals surface area (Å²) in [6.07, 6.45) is -5.26. The number of hydrogen-bond donors (Lipinski definition) is 0. The number of hydrogen-bond acceptors (Lipinski definition) is 2. The molecule has 2 aromatic carbocycles. The SMILES string of the molecule is COC(F)(C(=NC(C)c1ccccc1)c1ccccc1)C(F)(F)F. The molecule has 6 heteroatoms. The molecule has 0 saturated heterocycles. The number of rotatable bonds is 5. The van der Waals surface area contributed by atoms with E-state index in [0.717, 1.165) is 0 Å². The maximum Gasteiger partial charge on any atom is 0.454 e. The average molecular weight is 339 g/mol. The van der Waals surface area contributed by atoms with Crippen molar-refractivity contribution < 1.29 is 22.3 Å². The highest BCUT2D eigenvalue weighted by molar-refractivity contribution is 6.06. The van der Waals surface area contributed by atoms with Crippen LogP contribution in [0.4, 0.5) is 17.6 Å². The van der Waals surface area contributed by atoms with Gasteiger partial charge in [0.2, 0.25) is 0 Å². The highest BCUT2D eigenvalue weighted by Crippen LogP contribution is 2.39. The lowest BCUT2D eigenvalue weighted by molar-refractivity contribution is -0.289. The van der Waals surface area contributed by atoms with E-state index >= 15 is 0 Å². The van der Waals surface area contributed by atoms with Crippen LogP contribution in [0.2, 0.25) is 0 Å². The van der Waals surface area contributed by atoms with E-state index in [2.05, 4.69) is 9.73 Å². The van der Waals surface area contributed by atoms with Crippen molar-refractivity contribution in [3.63, 3.8) is 0 Å². The Kier molecular flexibility index (Phi) is 5.39. The maximum absolute atomic E-state index is 14.8. The minimum absolute atomic E-state index is 0.0157. The molecule has 2 unspecified atom stereocenters. The number of benzene rings is 2. The van der Waals surface area contributed by atoms with Gasteiger partial charge in [-0.05, 0) is 12.5 Å². The normalized spacial score (nSPS) is 16.5. The van der Waals surface area contributed by atoms with Gasteiger partial charge in [-0.15, -0.1) is 0 Å². The quantitative estimate of drug-likeness (QED) is 0.548. The first-order chi connectivity index (χ1) is 11.3. The third kappa shape index (κ3) is 3.64. The molecule has 0 aromatic heterocycles. The van der Waals surface area contributed by atoms with Gasteiger partial charge in [0.15, 0.2) is 0 Å². The summed E-state index contributed by atoms with van der Waals surface area (Å²) in [7, 11) is 0.680. The van der Waals surface area contributed by atoms with Crippen molar-refractivity contribution in [3.05, 3.63) is 71.8 Å². The highest BCUT2D eigenvalue weighted by Gasteiger charge is 2.61. The van der Waals surface area contributed by atoms with Gasteiger partial charge in [0.1, 0.15) is 5.71 Å².